The van der Waals surface area contributed by atoms with E-state index >= 15 is 0 Å². The van der Waals surface area contributed by atoms with Gasteiger partial charge in [0.25, 0.3) is 0 Å². The molecule has 0 aliphatic carbocycles. The van der Waals surface area contributed by atoms with Crippen LogP contribution in [0.5, 0.6) is 11.5 Å². The number of aryl methyl sites for hydroxylation is 1. The van der Waals surface area contributed by atoms with Gasteiger partial charge in [-0.05, 0) is 62.6 Å². The molecule has 2 aliphatic heterocycles. The number of anilines is 2. The molecule has 1 aromatic carbocycles. The minimum Gasteiger partial charge on any atom is -0.489 e. The molecule has 0 fully saturated rings. The quantitative estimate of drug-likeness (QED) is 0.158. The Morgan fingerprint density at radius 2 is 2.12 bits per heavy atom. The Bertz CT molecular complexity index is 1440. The molecule has 1 N–H and O–H groups in total. The second-order valence-corrected chi connectivity index (χ2v) is 11.2. The van der Waals surface area contributed by atoms with Crippen molar-refractivity contribution < 1.29 is 9.47 Å². The van der Waals surface area contributed by atoms with Crippen molar-refractivity contribution in [1.29, 1.82) is 0 Å². The van der Waals surface area contributed by atoms with Gasteiger partial charge in [0.2, 0.25) is 0 Å². The first-order chi connectivity index (χ1) is 20.8. The summed E-state index contributed by atoms with van der Waals surface area (Å²) in [5.74, 6) is 3.88. The lowest BCUT2D eigenvalue weighted by Crippen LogP contribution is -2.30. The number of amidine groups is 1. The van der Waals surface area contributed by atoms with E-state index in [4.69, 9.17) is 31.1 Å². The van der Waals surface area contributed by atoms with Crippen LogP contribution in [0.4, 0.5) is 11.5 Å². The first kappa shape index (κ1) is 31.9. The van der Waals surface area contributed by atoms with Crippen LogP contribution in [0.2, 0.25) is 5.02 Å². The predicted molar refractivity (Wildman–Crippen MR) is 179 cm³/mol. The number of hydrogen-bond donors (Lipinski definition) is 1. The zero-order valence-electron chi connectivity index (χ0n) is 25.9. The van der Waals surface area contributed by atoms with Crippen molar-refractivity contribution in [2.75, 3.05) is 29.9 Å². The average Bonchev–Trinajstić information content (AvgIpc) is 3.13. The maximum Gasteiger partial charge on any atom is 0.172 e. The summed E-state index contributed by atoms with van der Waals surface area (Å²) in [5.41, 5.74) is 3.20. The molecule has 3 heterocycles. The third-order valence-corrected chi connectivity index (χ3v) is 7.26. The van der Waals surface area contributed by atoms with Gasteiger partial charge in [-0.1, -0.05) is 57.9 Å². The molecule has 4 rings (SSSR count). The second-order valence-electron chi connectivity index (χ2n) is 10.8. The number of fused-ring (bicyclic) bond motifs is 1. The van der Waals surface area contributed by atoms with Crippen LogP contribution in [-0.4, -0.2) is 41.7 Å². The van der Waals surface area contributed by atoms with Crippen LogP contribution in [0.15, 0.2) is 83.0 Å². The minimum atomic E-state index is 0.405. The molecule has 43 heavy (non-hydrogen) atoms. The Balaban J connectivity index is 1.61. The second kappa shape index (κ2) is 15.4. The van der Waals surface area contributed by atoms with Crippen molar-refractivity contribution in [3.63, 3.8) is 0 Å². The van der Waals surface area contributed by atoms with E-state index in [9.17, 15) is 0 Å². The molecule has 0 saturated carbocycles. The molecule has 1 unspecified atom stereocenters. The monoisotopic (exact) mass is 602 g/mol. The molecule has 0 bridgehead atoms. The Morgan fingerprint density at radius 1 is 1.28 bits per heavy atom. The number of hydrazone groups is 1. The lowest BCUT2D eigenvalue weighted by Gasteiger charge is -2.25. The number of nitrogens with zero attached hydrogens (tertiary/aromatic N) is 5. The Hall–Kier alpha value is -4.04. The number of aliphatic imine (C=N–C) groups is 1. The zero-order valence-corrected chi connectivity index (χ0v) is 26.7. The number of halogens is 1. The number of ether oxygens (including phenoxy) is 2. The van der Waals surface area contributed by atoms with Crippen LogP contribution < -0.4 is 19.7 Å². The fraction of sp³-hybridized carbons (Fsp3) is 0.382. The number of pyridine rings is 1. The lowest BCUT2D eigenvalue weighted by molar-refractivity contribution is 0.273. The summed E-state index contributed by atoms with van der Waals surface area (Å²) in [7, 11) is 0. The maximum absolute atomic E-state index is 6.69. The van der Waals surface area contributed by atoms with Crippen molar-refractivity contribution in [3.05, 3.63) is 89.2 Å². The van der Waals surface area contributed by atoms with E-state index in [-0.39, 0.29) is 0 Å². The van der Waals surface area contributed by atoms with Crippen LogP contribution in [0.3, 0.4) is 0 Å². The third kappa shape index (κ3) is 8.51. The summed E-state index contributed by atoms with van der Waals surface area (Å²) in [6.07, 6.45) is 15.3. The molecule has 8 nitrogen and oxygen atoms in total. The molecule has 9 heteroatoms. The van der Waals surface area contributed by atoms with Crippen LogP contribution in [0.1, 0.15) is 64.6 Å². The van der Waals surface area contributed by atoms with Gasteiger partial charge in [-0.2, -0.15) is 5.10 Å². The van der Waals surface area contributed by atoms with Gasteiger partial charge in [-0.3, -0.25) is 0 Å². The molecule has 0 amide bonds. The van der Waals surface area contributed by atoms with Crippen molar-refractivity contribution in [2.45, 2.75) is 60.3 Å². The van der Waals surface area contributed by atoms with E-state index in [2.05, 4.69) is 48.7 Å². The molecule has 228 valence electrons. The average molecular weight is 603 g/mol. The molecule has 0 saturated heterocycles. The molecule has 0 spiro atoms. The molecule has 2 aliphatic rings. The van der Waals surface area contributed by atoms with E-state index in [0.717, 1.165) is 54.4 Å². The standard InChI is InChI=1S/C34H43ClN6O2/c1-7-10-12-17-40-22-24(4)23-42-31-19-25(5)32(39-34(31)40)33(36-16-11-8-2)38-27-13-14-30(29(35)21-27)43-28-15-18-41(37-9-3)26(6)20-28/h9,11,13-16,18-21,24H,6-8,10,12,17,22-23H2,1-5H3,(H,36,38)/b16-11+,37-9-. The summed E-state index contributed by atoms with van der Waals surface area (Å²) in [5, 5.41) is 9.82. The topological polar surface area (TPSA) is 74.6 Å². The van der Waals surface area contributed by atoms with Crippen molar-refractivity contribution in [1.82, 2.24) is 9.99 Å². The predicted octanol–water partition coefficient (Wildman–Crippen LogP) is 8.46. The highest BCUT2D eigenvalue weighted by Crippen LogP contribution is 2.34. The largest absolute Gasteiger partial charge is 0.489 e. The fourth-order valence-corrected chi connectivity index (χ4v) is 5.00. The van der Waals surface area contributed by atoms with Crippen molar-refractivity contribution in [3.8, 4) is 11.5 Å². The van der Waals surface area contributed by atoms with Crippen LogP contribution in [0.25, 0.3) is 0 Å². The van der Waals surface area contributed by atoms with Gasteiger partial charge in [0.05, 0.1) is 17.3 Å². The third-order valence-electron chi connectivity index (χ3n) is 6.96. The maximum atomic E-state index is 6.69. The van der Waals surface area contributed by atoms with Gasteiger partial charge < -0.3 is 19.7 Å². The van der Waals surface area contributed by atoms with E-state index in [0.29, 0.717) is 40.6 Å². The Kier molecular flexibility index (Phi) is 11.4. The van der Waals surface area contributed by atoms with E-state index in [1.807, 2.05) is 56.5 Å². The number of rotatable bonds is 11. The summed E-state index contributed by atoms with van der Waals surface area (Å²) < 4.78 is 12.3. The summed E-state index contributed by atoms with van der Waals surface area (Å²) in [6.45, 7) is 17.0. The van der Waals surface area contributed by atoms with Gasteiger partial charge in [0.15, 0.2) is 17.4 Å². The SMILES string of the molecule is C=C1C=C(Oc2ccc(N/C(=N/C=C/CC)c3nc4c(cc3C)OCC(C)CN4CCCCC)cc2Cl)C=CN1/N=C\C. The normalized spacial score (nSPS) is 17.3. The van der Waals surface area contributed by atoms with E-state index in [1.54, 1.807) is 17.4 Å². The molecule has 2 aromatic rings. The molecular weight excluding hydrogens is 560 g/mol. The first-order valence-electron chi connectivity index (χ1n) is 15.1. The highest BCUT2D eigenvalue weighted by Gasteiger charge is 2.25. The number of hydrogen-bond acceptors (Lipinski definition) is 7. The smallest absolute Gasteiger partial charge is 0.172 e. The Labute approximate surface area is 261 Å². The molecule has 0 radical (unpaired) electrons. The van der Waals surface area contributed by atoms with Gasteiger partial charge >= 0.3 is 0 Å². The number of aromatic nitrogens is 1. The number of nitrogens with one attached hydrogen (secondary N) is 1. The summed E-state index contributed by atoms with van der Waals surface area (Å²) in [6, 6.07) is 7.66. The highest BCUT2D eigenvalue weighted by molar-refractivity contribution is 6.32. The minimum absolute atomic E-state index is 0.405. The van der Waals surface area contributed by atoms with E-state index in [1.165, 1.54) is 12.8 Å². The van der Waals surface area contributed by atoms with Gasteiger partial charge in [0.1, 0.15) is 17.2 Å². The van der Waals surface area contributed by atoms with Gasteiger partial charge in [-0.15, -0.1) is 0 Å². The zero-order chi connectivity index (χ0) is 30.8. The Morgan fingerprint density at radius 3 is 2.84 bits per heavy atom. The van der Waals surface area contributed by atoms with Crippen LogP contribution >= 0.6 is 11.6 Å². The van der Waals surface area contributed by atoms with Crippen LogP contribution in [-0.2, 0) is 0 Å². The number of allylic oxidation sites excluding steroid dienone is 3. The van der Waals surface area contributed by atoms with E-state index < -0.39 is 0 Å². The molecule has 1 atom stereocenters. The fourth-order valence-electron chi connectivity index (χ4n) is 4.78. The number of unbranched alkanes of at least 4 members (excludes halogenated alkanes) is 2. The first-order valence-corrected chi connectivity index (χ1v) is 15.4. The van der Waals surface area contributed by atoms with Crippen molar-refractivity contribution in [2.24, 2.45) is 16.0 Å². The molecular formula is C34H43ClN6O2. The summed E-state index contributed by atoms with van der Waals surface area (Å²) in [4.78, 5) is 12.3. The summed E-state index contributed by atoms with van der Waals surface area (Å²) >= 11 is 6.69. The van der Waals surface area contributed by atoms with Gasteiger partial charge in [0, 0.05) is 49.4 Å². The van der Waals surface area contributed by atoms with Crippen LogP contribution in [0, 0.1) is 12.8 Å². The molecule has 1 aromatic heterocycles. The lowest BCUT2D eigenvalue weighted by atomic mass is 10.1. The number of benzene rings is 1. The van der Waals surface area contributed by atoms with Gasteiger partial charge in [-0.25, -0.2) is 15.0 Å². The highest BCUT2D eigenvalue weighted by atomic mass is 35.5. The van der Waals surface area contributed by atoms with Crippen molar-refractivity contribution >= 4 is 35.2 Å².